The van der Waals surface area contributed by atoms with Crippen molar-refractivity contribution < 1.29 is 9.47 Å². The third-order valence-corrected chi connectivity index (χ3v) is 4.00. The number of thiocarbonyl (C=S) groups is 1. The van der Waals surface area contributed by atoms with E-state index >= 15 is 0 Å². The highest BCUT2D eigenvalue weighted by molar-refractivity contribution is 7.99. The molecule has 0 aliphatic rings. The van der Waals surface area contributed by atoms with E-state index in [1.807, 2.05) is 37.3 Å². The topological polar surface area (TPSA) is 30.5 Å². The van der Waals surface area contributed by atoms with E-state index in [9.17, 15) is 0 Å². The van der Waals surface area contributed by atoms with Crippen LogP contribution in [0.3, 0.4) is 0 Å². The van der Waals surface area contributed by atoms with Gasteiger partial charge in [0.25, 0.3) is 5.17 Å². The van der Waals surface area contributed by atoms with Crippen LogP contribution >= 0.6 is 24.0 Å². The number of hydrogen-bond donors (Lipinski definition) is 1. The fourth-order valence-corrected chi connectivity index (χ4v) is 2.79. The summed E-state index contributed by atoms with van der Waals surface area (Å²) in [5.74, 6) is 0.849. The van der Waals surface area contributed by atoms with Crippen LogP contribution in [0.2, 0.25) is 0 Å². The number of benzene rings is 2. The molecule has 0 spiro atoms. The average molecular weight is 333 g/mol. The van der Waals surface area contributed by atoms with Gasteiger partial charge in [-0.3, -0.25) is 0 Å². The molecule has 0 saturated carbocycles. The fourth-order valence-electron chi connectivity index (χ4n) is 1.73. The lowest BCUT2D eigenvalue weighted by Crippen LogP contribution is -2.28. The molecule has 0 heterocycles. The van der Waals surface area contributed by atoms with Gasteiger partial charge in [-0.25, -0.2) is 0 Å². The summed E-state index contributed by atoms with van der Waals surface area (Å²) in [7, 11) is 0. The zero-order chi connectivity index (χ0) is 15.6. The highest BCUT2D eigenvalue weighted by atomic mass is 32.2. The summed E-state index contributed by atoms with van der Waals surface area (Å²) in [6.07, 6.45) is 0. The van der Waals surface area contributed by atoms with Gasteiger partial charge in [0.1, 0.15) is 12.4 Å². The molecule has 0 aromatic heterocycles. The van der Waals surface area contributed by atoms with E-state index in [4.69, 9.17) is 21.7 Å². The Morgan fingerprint density at radius 3 is 2.41 bits per heavy atom. The van der Waals surface area contributed by atoms with Crippen molar-refractivity contribution >= 4 is 29.2 Å². The molecule has 0 amide bonds. The largest absolute Gasteiger partial charge is 0.492 e. The zero-order valence-electron chi connectivity index (χ0n) is 12.5. The van der Waals surface area contributed by atoms with Crippen molar-refractivity contribution in [3.63, 3.8) is 0 Å². The predicted octanol–water partition coefficient (Wildman–Crippen LogP) is 4.13. The van der Waals surface area contributed by atoms with Gasteiger partial charge in [-0.2, -0.15) is 0 Å². The lowest BCUT2D eigenvalue weighted by atomic mass is 10.3. The molecule has 0 saturated heterocycles. The van der Waals surface area contributed by atoms with Gasteiger partial charge in [0.05, 0.1) is 13.2 Å². The van der Waals surface area contributed by atoms with Crippen molar-refractivity contribution in [2.45, 2.75) is 16.7 Å². The summed E-state index contributed by atoms with van der Waals surface area (Å²) in [6.45, 7) is 3.64. The van der Waals surface area contributed by atoms with E-state index in [1.165, 1.54) is 9.79 Å². The summed E-state index contributed by atoms with van der Waals surface area (Å²) < 4.78 is 10.8. The summed E-state index contributed by atoms with van der Waals surface area (Å²) in [5.41, 5.74) is 0. The van der Waals surface area contributed by atoms with Gasteiger partial charge in [0.15, 0.2) is 0 Å². The molecule has 2 aromatic rings. The summed E-state index contributed by atoms with van der Waals surface area (Å²) in [6, 6.07) is 18.4. The van der Waals surface area contributed by atoms with E-state index in [2.05, 4.69) is 29.6 Å². The van der Waals surface area contributed by atoms with Crippen LogP contribution < -0.4 is 10.1 Å². The van der Waals surface area contributed by atoms with Crippen LogP contribution in [-0.2, 0) is 4.74 Å². The van der Waals surface area contributed by atoms with Gasteiger partial charge in [0.2, 0.25) is 0 Å². The van der Waals surface area contributed by atoms with Crippen LogP contribution in [0.1, 0.15) is 6.92 Å². The van der Waals surface area contributed by atoms with Crippen molar-refractivity contribution in [1.82, 2.24) is 5.32 Å². The maximum atomic E-state index is 5.65. The Hall–Kier alpha value is -1.72. The molecule has 0 aliphatic carbocycles. The van der Waals surface area contributed by atoms with Crippen molar-refractivity contribution in [3.8, 4) is 5.75 Å². The molecule has 5 heteroatoms. The smallest absolute Gasteiger partial charge is 0.256 e. The molecule has 0 unspecified atom stereocenters. The van der Waals surface area contributed by atoms with Crippen LogP contribution in [0.4, 0.5) is 0 Å². The maximum Gasteiger partial charge on any atom is 0.256 e. The first-order chi connectivity index (χ1) is 10.8. The third-order valence-electron chi connectivity index (χ3n) is 2.72. The number of ether oxygens (including phenoxy) is 2. The van der Waals surface area contributed by atoms with Gasteiger partial charge in [0, 0.05) is 9.79 Å². The van der Waals surface area contributed by atoms with Gasteiger partial charge >= 0.3 is 0 Å². The van der Waals surface area contributed by atoms with Crippen molar-refractivity contribution in [2.24, 2.45) is 0 Å². The summed E-state index contributed by atoms with van der Waals surface area (Å²) >= 11 is 6.70. The molecule has 2 rings (SSSR count). The molecule has 116 valence electrons. The monoisotopic (exact) mass is 333 g/mol. The zero-order valence-corrected chi connectivity index (χ0v) is 14.1. The van der Waals surface area contributed by atoms with E-state index in [1.54, 1.807) is 11.8 Å². The van der Waals surface area contributed by atoms with Crippen LogP contribution in [0.25, 0.3) is 0 Å². The van der Waals surface area contributed by atoms with Gasteiger partial charge in [-0.1, -0.05) is 30.0 Å². The minimum atomic E-state index is 0.417. The first-order valence-corrected chi connectivity index (χ1v) is 8.37. The van der Waals surface area contributed by atoms with Crippen LogP contribution in [-0.4, -0.2) is 24.9 Å². The molecule has 2 aromatic carbocycles. The standard InChI is InChI=1S/C17H19NO2S2/c1-2-19-17(21)18-12-13-20-14-8-10-16(11-9-14)22-15-6-4-3-5-7-15/h3-11H,2,12-13H2,1H3,(H,18,21). The number of nitrogens with one attached hydrogen (secondary N) is 1. The first-order valence-electron chi connectivity index (χ1n) is 7.14. The van der Waals surface area contributed by atoms with E-state index in [0.717, 1.165) is 5.75 Å². The Bertz CT molecular complexity index is 573. The molecule has 0 atom stereocenters. The Kier molecular flexibility index (Phi) is 7.06. The average Bonchev–Trinajstić information content (AvgIpc) is 2.54. The first kappa shape index (κ1) is 16.6. The molecule has 0 bridgehead atoms. The molecule has 22 heavy (non-hydrogen) atoms. The Morgan fingerprint density at radius 1 is 1.05 bits per heavy atom. The highest BCUT2D eigenvalue weighted by Crippen LogP contribution is 2.28. The number of rotatable bonds is 7. The second-order valence-corrected chi connectivity index (χ2v) is 5.90. The molecule has 0 radical (unpaired) electrons. The SMILES string of the molecule is CCOC(=S)NCCOc1ccc(Sc2ccccc2)cc1. The lowest BCUT2D eigenvalue weighted by molar-refractivity contribution is 0.297. The van der Waals surface area contributed by atoms with Crippen LogP contribution in [0.5, 0.6) is 5.75 Å². The van der Waals surface area contributed by atoms with E-state index < -0.39 is 0 Å². The molecule has 0 fully saturated rings. The summed E-state index contributed by atoms with van der Waals surface area (Å²) in [4.78, 5) is 2.42. The van der Waals surface area contributed by atoms with Crippen LogP contribution in [0, 0.1) is 0 Å². The second kappa shape index (κ2) is 9.33. The molecule has 1 N–H and O–H groups in total. The van der Waals surface area contributed by atoms with Crippen LogP contribution in [0.15, 0.2) is 64.4 Å². The Morgan fingerprint density at radius 2 is 1.73 bits per heavy atom. The highest BCUT2D eigenvalue weighted by Gasteiger charge is 1.99. The third kappa shape index (κ3) is 5.95. The lowest BCUT2D eigenvalue weighted by Gasteiger charge is -2.10. The minimum Gasteiger partial charge on any atom is -0.492 e. The summed E-state index contributed by atoms with van der Waals surface area (Å²) in [5, 5.41) is 3.40. The minimum absolute atomic E-state index is 0.417. The van der Waals surface area contributed by atoms with Gasteiger partial charge in [-0.15, -0.1) is 0 Å². The van der Waals surface area contributed by atoms with Crippen molar-refractivity contribution in [3.05, 3.63) is 54.6 Å². The fraction of sp³-hybridized carbons (Fsp3) is 0.235. The van der Waals surface area contributed by atoms with Crippen molar-refractivity contribution in [2.75, 3.05) is 19.8 Å². The van der Waals surface area contributed by atoms with Gasteiger partial charge in [-0.05, 0) is 55.5 Å². The Labute approximate surface area is 141 Å². The second-order valence-electron chi connectivity index (χ2n) is 4.38. The molecule has 3 nitrogen and oxygen atoms in total. The van der Waals surface area contributed by atoms with Gasteiger partial charge < -0.3 is 14.8 Å². The molecular weight excluding hydrogens is 314 g/mol. The van der Waals surface area contributed by atoms with E-state index in [-0.39, 0.29) is 0 Å². The van der Waals surface area contributed by atoms with Crippen molar-refractivity contribution in [1.29, 1.82) is 0 Å². The van der Waals surface area contributed by atoms with E-state index in [0.29, 0.717) is 24.9 Å². The maximum absolute atomic E-state index is 5.65. The predicted molar refractivity (Wildman–Crippen MR) is 94.7 cm³/mol. The quantitative estimate of drug-likeness (QED) is 0.608. The molecule has 0 aliphatic heterocycles. The normalized spacial score (nSPS) is 10.0. The molecular formula is C17H19NO2S2. The number of hydrogen-bond acceptors (Lipinski definition) is 4. The Balaban J connectivity index is 1.74.